The molecule has 0 N–H and O–H groups in total. The Balaban J connectivity index is 1.79. The minimum atomic E-state index is 0.269. The first kappa shape index (κ1) is 16.9. The van der Waals surface area contributed by atoms with E-state index in [-0.39, 0.29) is 5.91 Å². The van der Waals surface area contributed by atoms with Gasteiger partial charge in [-0.05, 0) is 68.9 Å². The number of aryl methyl sites for hydroxylation is 1. The predicted octanol–water partition coefficient (Wildman–Crippen LogP) is 2.86. The molecule has 2 rings (SSSR count). The summed E-state index contributed by atoms with van der Waals surface area (Å²) in [6, 6.07) is 2.00. The van der Waals surface area contributed by atoms with E-state index < -0.39 is 0 Å². The van der Waals surface area contributed by atoms with Crippen LogP contribution < -0.4 is 0 Å². The second-order valence-corrected chi connectivity index (χ2v) is 6.54. The standard InChI is InChI=1S/C18H29N3O/c1-4-9-21-10-6-16(7-11-21)12-18(22)20(3)14-17-5-8-19-13-15(17)2/h5,8,13,16H,4,6-7,9-12,14H2,1-3H3. The van der Waals surface area contributed by atoms with Crippen LogP contribution in [0.15, 0.2) is 18.5 Å². The molecule has 0 atom stereocenters. The lowest BCUT2D eigenvalue weighted by Gasteiger charge is -2.32. The summed E-state index contributed by atoms with van der Waals surface area (Å²) in [5.41, 5.74) is 2.33. The van der Waals surface area contributed by atoms with E-state index in [0.717, 1.165) is 31.5 Å². The fourth-order valence-electron chi connectivity index (χ4n) is 3.16. The van der Waals surface area contributed by atoms with Crippen molar-refractivity contribution < 1.29 is 4.79 Å². The number of carbonyl (C=O) groups excluding carboxylic acids is 1. The maximum Gasteiger partial charge on any atom is 0.222 e. The Kier molecular flexibility index (Phi) is 6.37. The lowest BCUT2D eigenvalue weighted by atomic mass is 9.93. The van der Waals surface area contributed by atoms with Crippen LogP contribution in [0.3, 0.4) is 0 Å². The Labute approximate surface area is 134 Å². The van der Waals surface area contributed by atoms with Gasteiger partial charge in [-0.3, -0.25) is 9.78 Å². The third kappa shape index (κ3) is 4.80. The average Bonchev–Trinajstić information content (AvgIpc) is 2.51. The van der Waals surface area contributed by atoms with Gasteiger partial charge < -0.3 is 9.80 Å². The predicted molar refractivity (Wildman–Crippen MR) is 89.5 cm³/mol. The van der Waals surface area contributed by atoms with E-state index in [1.54, 1.807) is 6.20 Å². The molecule has 2 heterocycles. The SMILES string of the molecule is CCCN1CCC(CC(=O)N(C)Cc2ccncc2C)CC1. The summed E-state index contributed by atoms with van der Waals surface area (Å²) in [7, 11) is 1.91. The van der Waals surface area contributed by atoms with Crippen molar-refractivity contribution >= 4 is 5.91 Å². The van der Waals surface area contributed by atoms with Crippen molar-refractivity contribution in [3.8, 4) is 0 Å². The van der Waals surface area contributed by atoms with E-state index in [0.29, 0.717) is 18.9 Å². The van der Waals surface area contributed by atoms with E-state index in [2.05, 4.69) is 16.8 Å². The van der Waals surface area contributed by atoms with Gasteiger partial charge in [0.05, 0.1) is 0 Å². The van der Waals surface area contributed by atoms with Gasteiger partial charge in [0.15, 0.2) is 0 Å². The van der Waals surface area contributed by atoms with Gasteiger partial charge in [0, 0.05) is 32.4 Å². The van der Waals surface area contributed by atoms with Gasteiger partial charge in [-0.15, -0.1) is 0 Å². The van der Waals surface area contributed by atoms with Crippen molar-refractivity contribution in [1.82, 2.24) is 14.8 Å². The summed E-state index contributed by atoms with van der Waals surface area (Å²) >= 11 is 0. The molecule has 1 amide bonds. The number of piperidine rings is 1. The number of hydrogen-bond donors (Lipinski definition) is 0. The summed E-state index contributed by atoms with van der Waals surface area (Å²) in [5, 5.41) is 0. The first-order valence-corrected chi connectivity index (χ1v) is 8.46. The maximum atomic E-state index is 12.4. The van der Waals surface area contributed by atoms with E-state index in [9.17, 15) is 4.79 Å². The minimum absolute atomic E-state index is 0.269. The second-order valence-electron chi connectivity index (χ2n) is 6.54. The molecule has 0 radical (unpaired) electrons. The van der Waals surface area contributed by atoms with Crippen LogP contribution in [0.2, 0.25) is 0 Å². The molecule has 1 fully saturated rings. The van der Waals surface area contributed by atoms with Crippen LogP contribution in [0.4, 0.5) is 0 Å². The van der Waals surface area contributed by atoms with Crippen LogP contribution in [0.5, 0.6) is 0 Å². The Morgan fingerprint density at radius 2 is 2.14 bits per heavy atom. The van der Waals surface area contributed by atoms with Gasteiger partial charge in [0.1, 0.15) is 0 Å². The van der Waals surface area contributed by atoms with Gasteiger partial charge >= 0.3 is 0 Å². The van der Waals surface area contributed by atoms with Gasteiger partial charge in [-0.25, -0.2) is 0 Å². The Hall–Kier alpha value is -1.42. The van der Waals surface area contributed by atoms with Crippen LogP contribution in [0.25, 0.3) is 0 Å². The van der Waals surface area contributed by atoms with Crippen LogP contribution in [0, 0.1) is 12.8 Å². The molecule has 0 unspecified atom stereocenters. The normalized spacial score (nSPS) is 16.7. The highest BCUT2D eigenvalue weighted by Gasteiger charge is 2.22. The molecule has 1 aliphatic rings. The number of carbonyl (C=O) groups is 1. The number of likely N-dealkylation sites (tertiary alicyclic amines) is 1. The van der Waals surface area contributed by atoms with Gasteiger partial charge in [0.2, 0.25) is 5.91 Å². The summed E-state index contributed by atoms with van der Waals surface area (Å²) in [5.74, 6) is 0.826. The zero-order chi connectivity index (χ0) is 15.9. The number of rotatable bonds is 6. The first-order chi connectivity index (χ1) is 10.6. The summed E-state index contributed by atoms with van der Waals surface area (Å²) in [4.78, 5) is 20.9. The fraction of sp³-hybridized carbons (Fsp3) is 0.667. The Bertz CT molecular complexity index is 481. The number of pyridine rings is 1. The van der Waals surface area contributed by atoms with E-state index in [1.807, 2.05) is 31.1 Å². The molecule has 0 spiro atoms. The number of hydrogen-bond acceptors (Lipinski definition) is 3. The molecule has 1 saturated heterocycles. The molecule has 22 heavy (non-hydrogen) atoms. The summed E-state index contributed by atoms with van der Waals surface area (Å²) in [6.45, 7) is 8.46. The second kappa shape index (κ2) is 8.28. The molecule has 0 bridgehead atoms. The lowest BCUT2D eigenvalue weighted by Crippen LogP contribution is -2.36. The molecule has 1 aromatic heterocycles. The van der Waals surface area contributed by atoms with Crippen molar-refractivity contribution in [2.45, 2.75) is 46.1 Å². The number of nitrogens with zero attached hydrogens (tertiary/aromatic N) is 3. The van der Waals surface area contributed by atoms with E-state index >= 15 is 0 Å². The largest absolute Gasteiger partial charge is 0.341 e. The summed E-state index contributed by atoms with van der Waals surface area (Å²) in [6.07, 6.45) is 7.89. The highest BCUT2D eigenvalue weighted by Crippen LogP contribution is 2.22. The zero-order valence-corrected chi connectivity index (χ0v) is 14.2. The quantitative estimate of drug-likeness (QED) is 0.811. The first-order valence-electron chi connectivity index (χ1n) is 8.46. The molecule has 0 saturated carbocycles. The van der Waals surface area contributed by atoms with Gasteiger partial charge in [-0.2, -0.15) is 0 Å². The molecular formula is C18H29N3O. The van der Waals surface area contributed by atoms with Gasteiger partial charge in [0.25, 0.3) is 0 Å². The molecule has 4 nitrogen and oxygen atoms in total. The van der Waals surface area contributed by atoms with E-state index in [4.69, 9.17) is 0 Å². The van der Waals surface area contributed by atoms with Crippen molar-refractivity contribution in [1.29, 1.82) is 0 Å². The summed E-state index contributed by atoms with van der Waals surface area (Å²) < 4.78 is 0. The smallest absolute Gasteiger partial charge is 0.222 e. The number of aromatic nitrogens is 1. The lowest BCUT2D eigenvalue weighted by molar-refractivity contribution is -0.131. The minimum Gasteiger partial charge on any atom is -0.341 e. The van der Waals surface area contributed by atoms with Crippen molar-refractivity contribution in [3.05, 3.63) is 29.6 Å². The maximum absolute atomic E-state index is 12.4. The molecule has 0 aromatic carbocycles. The highest BCUT2D eigenvalue weighted by atomic mass is 16.2. The third-order valence-electron chi connectivity index (χ3n) is 4.68. The molecule has 1 aromatic rings. The van der Waals surface area contributed by atoms with Crippen molar-refractivity contribution in [2.75, 3.05) is 26.7 Å². The third-order valence-corrected chi connectivity index (χ3v) is 4.68. The molecule has 1 aliphatic heterocycles. The molecule has 0 aliphatic carbocycles. The van der Waals surface area contributed by atoms with Crippen LogP contribution >= 0.6 is 0 Å². The van der Waals surface area contributed by atoms with Crippen LogP contribution in [-0.4, -0.2) is 47.4 Å². The molecule has 122 valence electrons. The van der Waals surface area contributed by atoms with Gasteiger partial charge in [-0.1, -0.05) is 6.92 Å². The monoisotopic (exact) mass is 303 g/mol. The fourth-order valence-corrected chi connectivity index (χ4v) is 3.16. The van der Waals surface area contributed by atoms with Crippen LogP contribution in [0.1, 0.15) is 43.7 Å². The number of amides is 1. The van der Waals surface area contributed by atoms with Crippen LogP contribution in [-0.2, 0) is 11.3 Å². The Morgan fingerprint density at radius 3 is 2.77 bits per heavy atom. The average molecular weight is 303 g/mol. The topological polar surface area (TPSA) is 36.4 Å². The molecule has 4 heteroatoms. The van der Waals surface area contributed by atoms with Crippen molar-refractivity contribution in [3.63, 3.8) is 0 Å². The van der Waals surface area contributed by atoms with E-state index in [1.165, 1.54) is 18.5 Å². The highest BCUT2D eigenvalue weighted by molar-refractivity contribution is 5.76. The zero-order valence-electron chi connectivity index (χ0n) is 14.2. The molecular weight excluding hydrogens is 274 g/mol. The van der Waals surface area contributed by atoms with Crippen molar-refractivity contribution in [2.24, 2.45) is 5.92 Å². The Morgan fingerprint density at radius 1 is 1.41 bits per heavy atom.